The number of hydrogen-bond donors (Lipinski definition) is 1. The van der Waals surface area contributed by atoms with Crippen molar-refractivity contribution in [3.8, 4) is 0 Å². The van der Waals surface area contributed by atoms with E-state index in [0.717, 1.165) is 12.0 Å². The van der Waals surface area contributed by atoms with E-state index in [1.54, 1.807) is 10.4 Å². The maximum Gasteiger partial charge on any atom is 0.0359 e. The molecule has 1 aromatic rings. The summed E-state index contributed by atoms with van der Waals surface area (Å²) in [5, 5.41) is 6.03. The maximum absolute atomic E-state index is 3.73. The van der Waals surface area contributed by atoms with Gasteiger partial charge in [0.1, 0.15) is 0 Å². The van der Waals surface area contributed by atoms with Gasteiger partial charge in [-0.15, -0.1) is 11.3 Å². The number of nitrogens with zero attached hydrogens (tertiary/aromatic N) is 1. The topological polar surface area (TPSA) is 15.3 Å². The molecule has 1 saturated heterocycles. The van der Waals surface area contributed by atoms with Gasteiger partial charge >= 0.3 is 0 Å². The van der Waals surface area contributed by atoms with Crippen LogP contribution >= 0.6 is 11.3 Å². The second kappa shape index (κ2) is 6.59. The van der Waals surface area contributed by atoms with Crippen LogP contribution in [-0.4, -0.2) is 30.6 Å². The van der Waals surface area contributed by atoms with Gasteiger partial charge in [-0.3, -0.25) is 4.90 Å². The molecule has 20 heavy (non-hydrogen) atoms. The molecule has 3 atom stereocenters. The van der Waals surface area contributed by atoms with E-state index < -0.39 is 0 Å². The van der Waals surface area contributed by atoms with Gasteiger partial charge in [0.25, 0.3) is 0 Å². The van der Waals surface area contributed by atoms with Crippen molar-refractivity contribution in [1.82, 2.24) is 10.2 Å². The van der Waals surface area contributed by atoms with Gasteiger partial charge in [0.05, 0.1) is 0 Å². The third-order valence-electron chi connectivity index (χ3n) is 5.05. The second-order valence-electron chi connectivity index (χ2n) is 6.53. The SMILES string of the molecule is CCCNC1CCN(C2CCCc3sccc32)CC1C. The molecule has 3 heteroatoms. The number of thiophene rings is 1. The molecule has 3 rings (SSSR count). The molecule has 1 fully saturated rings. The largest absolute Gasteiger partial charge is 0.314 e. The fourth-order valence-corrected chi connectivity index (χ4v) is 4.92. The molecule has 0 spiro atoms. The Morgan fingerprint density at radius 2 is 2.30 bits per heavy atom. The van der Waals surface area contributed by atoms with Gasteiger partial charge in [-0.05, 0) is 61.6 Å². The number of rotatable bonds is 4. The summed E-state index contributed by atoms with van der Waals surface area (Å²) >= 11 is 1.97. The Labute approximate surface area is 127 Å². The smallest absolute Gasteiger partial charge is 0.0359 e. The summed E-state index contributed by atoms with van der Waals surface area (Å²) in [5.41, 5.74) is 1.65. The Balaban J connectivity index is 1.63. The number of nitrogens with one attached hydrogen (secondary N) is 1. The molecule has 112 valence electrons. The fourth-order valence-electron chi connectivity index (χ4n) is 3.94. The number of likely N-dealkylation sites (tertiary alicyclic amines) is 1. The zero-order chi connectivity index (χ0) is 13.9. The van der Waals surface area contributed by atoms with Crippen LogP contribution in [0.5, 0.6) is 0 Å². The summed E-state index contributed by atoms with van der Waals surface area (Å²) in [6, 6.07) is 3.83. The standard InChI is InChI=1S/C17H28N2S/c1-3-9-18-15-7-10-19(12-13(15)2)16-5-4-6-17-14(16)8-11-20-17/h8,11,13,15-16,18H,3-7,9-10,12H2,1-2H3. The molecule has 0 radical (unpaired) electrons. The molecular weight excluding hydrogens is 264 g/mol. The molecule has 0 aromatic carbocycles. The zero-order valence-electron chi connectivity index (χ0n) is 12.9. The highest BCUT2D eigenvalue weighted by Gasteiger charge is 2.32. The van der Waals surface area contributed by atoms with Crippen molar-refractivity contribution in [2.45, 2.75) is 58.0 Å². The lowest BCUT2D eigenvalue weighted by atomic mass is 9.87. The Hall–Kier alpha value is -0.380. The van der Waals surface area contributed by atoms with Gasteiger partial charge in [-0.25, -0.2) is 0 Å². The van der Waals surface area contributed by atoms with Crippen LogP contribution in [0.2, 0.25) is 0 Å². The monoisotopic (exact) mass is 292 g/mol. The predicted octanol–water partition coefficient (Wildman–Crippen LogP) is 3.84. The molecule has 2 aliphatic rings. The first-order chi connectivity index (χ1) is 9.79. The Morgan fingerprint density at radius 3 is 3.10 bits per heavy atom. The van der Waals surface area contributed by atoms with Crippen molar-refractivity contribution in [2.75, 3.05) is 19.6 Å². The number of fused-ring (bicyclic) bond motifs is 1. The predicted molar refractivity (Wildman–Crippen MR) is 87.4 cm³/mol. The van der Waals surface area contributed by atoms with Crippen LogP contribution in [0.3, 0.4) is 0 Å². The van der Waals surface area contributed by atoms with E-state index in [0.29, 0.717) is 6.04 Å². The van der Waals surface area contributed by atoms with Crippen molar-refractivity contribution in [1.29, 1.82) is 0 Å². The highest BCUT2D eigenvalue weighted by atomic mass is 32.1. The normalized spacial score (nSPS) is 31.2. The molecule has 1 N–H and O–H groups in total. The third kappa shape index (κ3) is 2.95. The van der Waals surface area contributed by atoms with Gasteiger partial charge < -0.3 is 5.32 Å². The Kier molecular flexibility index (Phi) is 4.79. The van der Waals surface area contributed by atoms with Crippen LogP contribution in [0.1, 0.15) is 56.0 Å². The molecular formula is C17H28N2S. The summed E-state index contributed by atoms with van der Waals surface area (Å²) in [6.07, 6.45) is 6.61. The zero-order valence-corrected chi connectivity index (χ0v) is 13.7. The molecule has 1 aliphatic heterocycles. The summed E-state index contributed by atoms with van der Waals surface area (Å²) in [6.45, 7) is 8.39. The van der Waals surface area contributed by atoms with E-state index in [2.05, 4.69) is 35.5 Å². The molecule has 2 heterocycles. The minimum absolute atomic E-state index is 0.708. The average molecular weight is 292 g/mol. The molecule has 2 nitrogen and oxygen atoms in total. The van der Waals surface area contributed by atoms with Crippen LogP contribution in [0, 0.1) is 5.92 Å². The van der Waals surface area contributed by atoms with Crippen LogP contribution in [0.15, 0.2) is 11.4 Å². The van der Waals surface area contributed by atoms with Gasteiger partial charge in [0.15, 0.2) is 0 Å². The molecule has 0 bridgehead atoms. The highest BCUT2D eigenvalue weighted by molar-refractivity contribution is 7.10. The minimum atomic E-state index is 0.708. The van der Waals surface area contributed by atoms with E-state index in [1.807, 2.05) is 11.3 Å². The van der Waals surface area contributed by atoms with E-state index in [-0.39, 0.29) is 0 Å². The molecule has 0 amide bonds. The maximum atomic E-state index is 3.73. The summed E-state index contributed by atoms with van der Waals surface area (Å²) in [4.78, 5) is 4.42. The van der Waals surface area contributed by atoms with Gasteiger partial charge in [0, 0.05) is 30.1 Å². The highest BCUT2D eigenvalue weighted by Crippen LogP contribution is 2.38. The lowest BCUT2D eigenvalue weighted by Crippen LogP contribution is -2.49. The van der Waals surface area contributed by atoms with Gasteiger partial charge in [0.2, 0.25) is 0 Å². The van der Waals surface area contributed by atoms with E-state index in [9.17, 15) is 0 Å². The van der Waals surface area contributed by atoms with Crippen LogP contribution in [0.25, 0.3) is 0 Å². The number of piperidine rings is 1. The number of aryl methyl sites for hydroxylation is 1. The van der Waals surface area contributed by atoms with E-state index in [4.69, 9.17) is 0 Å². The van der Waals surface area contributed by atoms with Crippen LogP contribution in [0.4, 0.5) is 0 Å². The molecule has 1 aliphatic carbocycles. The first-order valence-electron chi connectivity index (χ1n) is 8.33. The lowest BCUT2D eigenvalue weighted by molar-refractivity contribution is 0.0948. The van der Waals surface area contributed by atoms with Crippen molar-refractivity contribution < 1.29 is 0 Å². The fraction of sp³-hybridized carbons (Fsp3) is 0.765. The van der Waals surface area contributed by atoms with Crippen molar-refractivity contribution in [3.63, 3.8) is 0 Å². The summed E-state index contributed by atoms with van der Waals surface area (Å²) < 4.78 is 0. The third-order valence-corrected chi connectivity index (χ3v) is 6.05. The first kappa shape index (κ1) is 14.6. The minimum Gasteiger partial charge on any atom is -0.314 e. The van der Waals surface area contributed by atoms with Gasteiger partial charge in [-0.2, -0.15) is 0 Å². The van der Waals surface area contributed by atoms with Crippen molar-refractivity contribution in [3.05, 3.63) is 21.9 Å². The van der Waals surface area contributed by atoms with Crippen molar-refractivity contribution in [2.24, 2.45) is 5.92 Å². The molecule has 1 aromatic heterocycles. The number of hydrogen-bond acceptors (Lipinski definition) is 3. The first-order valence-corrected chi connectivity index (χ1v) is 9.21. The second-order valence-corrected chi connectivity index (χ2v) is 7.53. The van der Waals surface area contributed by atoms with Crippen molar-refractivity contribution >= 4 is 11.3 Å². The Bertz CT molecular complexity index is 428. The van der Waals surface area contributed by atoms with E-state index >= 15 is 0 Å². The van der Waals surface area contributed by atoms with Crippen LogP contribution < -0.4 is 5.32 Å². The summed E-state index contributed by atoms with van der Waals surface area (Å²) in [7, 11) is 0. The van der Waals surface area contributed by atoms with Crippen LogP contribution in [-0.2, 0) is 6.42 Å². The lowest BCUT2D eigenvalue weighted by Gasteiger charge is -2.42. The Morgan fingerprint density at radius 1 is 1.40 bits per heavy atom. The van der Waals surface area contributed by atoms with E-state index in [1.165, 1.54) is 51.7 Å². The average Bonchev–Trinajstić information content (AvgIpc) is 2.94. The summed E-state index contributed by atoms with van der Waals surface area (Å²) in [5.74, 6) is 0.777. The van der Waals surface area contributed by atoms with Gasteiger partial charge in [-0.1, -0.05) is 13.8 Å². The molecule has 0 saturated carbocycles. The quantitative estimate of drug-likeness (QED) is 0.907. The molecule has 3 unspecified atom stereocenters.